The topological polar surface area (TPSA) is 127 Å². The van der Waals surface area contributed by atoms with E-state index in [0.29, 0.717) is 56.4 Å². The minimum atomic E-state index is -0.600. The van der Waals surface area contributed by atoms with Crippen LogP contribution in [0.25, 0.3) is 16.6 Å². The summed E-state index contributed by atoms with van der Waals surface area (Å²) >= 11 is 0. The SMILES string of the molecule is CCCCCC1CC(O)CCc2cc(c(O)cc2CO)OCc2cc(C34CCOCC3CCc3ccccc34)cc3cn(cc23)C2=C(C=CC(NCOC)N2)CO1. The number of ether oxygens (including phenoxy) is 4. The number of aromatic hydroxyl groups is 1. The summed E-state index contributed by atoms with van der Waals surface area (Å²) in [5.41, 5.74) is 7.37. The monoisotopic (exact) mass is 777 g/mol. The number of hydrogen-bond acceptors (Lipinski definition) is 9. The fourth-order valence-electron chi connectivity index (χ4n) is 9.74. The number of nitrogens with one attached hydrogen (secondary N) is 2. The summed E-state index contributed by atoms with van der Waals surface area (Å²) in [6, 6.07) is 17.1. The summed E-state index contributed by atoms with van der Waals surface area (Å²) in [4.78, 5) is 0. The van der Waals surface area contributed by atoms with Crippen LogP contribution < -0.4 is 15.4 Å². The highest BCUT2D eigenvalue weighted by Crippen LogP contribution is 2.52. The molecular weight excluding hydrogens is 719 g/mol. The van der Waals surface area contributed by atoms with E-state index in [1.807, 2.05) is 6.07 Å². The lowest BCUT2D eigenvalue weighted by Crippen LogP contribution is -2.47. The number of hydrogen-bond donors (Lipinski definition) is 5. The van der Waals surface area contributed by atoms with Crippen LogP contribution in [0.5, 0.6) is 11.5 Å². The van der Waals surface area contributed by atoms with Crippen molar-refractivity contribution in [1.82, 2.24) is 15.2 Å². The smallest absolute Gasteiger partial charge is 0.161 e. The molecule has 5 N–H and O–H groups in total. The minimum absolute atomic E-state index is 0.0148. The number of dihydropyridines is 1. The Morgan fingerprint density at radius 2 is 1.89 bits per heavy atom. The molecule has 1 saturated heterocycles. The molecule has 4 aromatic rings. The Labute approximate surface area is 336 Å². The first-order valence-corrected chi connectivity index (χ1v) is 21.0. The molecule has 0 radical (unpaired) electrons. The van der Waals surface area contributed by atoms with Gasteiger partial charge in [0.25, 0.3) is 0 Å². The second-order valence-corrected chi connectivity index (χ2v) is 16.4. The van der Waals surface area contributed by atoms with Crippen LogP contribution in [-0.2, 0) is 45.7 Å². The van der Waals surface area contributed by atoms with E-state index in [2.05, 4.69) is 83.1 Å². The van der Waals surface area contributed by atoms with Crippen molar-refractivity contribution in [2.75, 3.05) is 33.7 Å². The van der Waals surface area contributed by atoms with E-state index in [0.717, 1.165) is 84.8 Å². The minimum Gasteiger partial charge on any atom is -0.504 e. The van der Waals surface area contributed by atoms with Gasteiger partial charge >= 0.3 is 0 Å². The predicted octanol–water partition coefficient (Wildman–Crippen LogP) is 7.20. The number of phenols is 1. The lowest BCUT2D eigenvalue weighted by atomic mass is 9.57. The predicted molar refractivity (Wildman–Crippen MR) is 222 cm³/mol. The van der Waals surface area contributed by atoms with Crippen LogP contribution in [0.15, 0.2) is 78.6 Å². The van der Waals surface area contributed by atoms with Crippen molar-refractivity contribution in [1.29, 1.82) is 0 Å². The highest BCUT2D eigenvalue weighted by atomic mass is 16.5. The molecule has 10 heteroatoms. The summed E-state index contributed by atoms with van der Waals surface area (Å²) in [5.74, 6) is 1.60. The van der Waals surface area contributed by atoms with Crippen LogP contribution in [0.3, 0.4) is 0 Å². The van der Waals surface area contributed by atoms with Gasteiger partial charge in [-0.05, 0) is 109 Å². The Kier molecular flexibility index (Phi) is 12.4. The van der Waals surface area contributed by atoms with E-state index in [1.165, 1.54) is 16.7 Å². The van der Waals surface area contributed by atoms with Gasteiger partial charge in [-0.3, -0.25) is 5.32 Å². The number of aryl methyl sites for hydroxylation is 2. The Bertz CT molecular complexity index is 2090. The summed E-state index contributed by atoms with van der Waals surface area (Å²) in [6.45, 7) is 4.40. The molecule has 4 heterocycles. The summed E-state index contributed by atoms with van der Waals surface area (Å²) in [5, 5.41) is 42.1. The van der Waals surface area contributed by atoms with Gasteiger partial charge in [0.2, 0.25) is 0 Å². The molecule has 10 nitrogen and oxygen atoms in total. The lowest BCUT2D eigenvalue weighted by Gasteiger charge is -2.49. The standard InChI is InChI=1S/C47H59N3O7/c1-3-4-5-9-40-23-39(52)15-12-32-22-44(43(53)21-35(32)26-51)57-28-36-20-38(47-17-18-55-29-37(47)14-11-31-8-6-7-10-42(31)47)19-34-24-50(25-41(34)36)46-33(27-56-40)13-16-45(49-46)48-30-54-2/h6-8,10,13,16,19-22,24-25,37,39-40,45,48-49,51-53H,3-5,9,11-12,14-15,17-18,23,26-30H2,1-2H3. The largest absolute Gasteiger partial charge is 0.504 e. The summed E-state index contributed by atoms with van der Waals surface area (Å²) in [6.07, 6.45) is 16.3. The number of benzene rings is 3. The zero-order chi connectivity index (χ0) is 39.4. The maximum absolute atomic E-state index is 11.4. The van der Waals surface area contributed by atoms with E-state index in [1.54, 1.807) is 13.2 Å². The molecule has 3 aromatic carbocycles. The third-order valence-corrected chi connectivity index (χ3v) is 12.8. The number of fused-ring (bicyclic) bond motifs is 7. The molecule has 1 aliphatic carbocycles. The average Bonchev–Trinajstić information content (AvgIpc) is 3.68. The summed E-state index contributed by atoms with van der Waals surface area (Å²) < 4.78 is 27.0. The molecule has 5 atom stereocenters. The molecule has 0 amide bonds. The molecule has 57 heavy (non-hydrogen) atoms. The first-order valence-electron chi connectivity index (χ1n) is 21.0. The zero-order valence-corrected chi connectivity index (χ0v) is 33.5. The van der Waals surface area contributed by atoms with Crippen molar-refractivity contribution in [2.45, 2.75) is 108 Å². The average molecular weight is 778 g/mol. The van der Waals surface area contributed by atoms with E-state index in [9.17, 15) is 15.3 Å². The first kappa shape index (κ1) is 39.7. The Morgan fingerprint density at radius 1 is 1.02 bits per heavy atom. The maximum Gasteiger partial charge on any atom is 0.161 e. The lowest BCUT2D eigenvalue weighted by molar-refractivity contribution is 0.00498. The number of aromatic nitrogens is 1. The highest BCUT2D eigenvalue weighted by molar-refractivity contribution is 5.88. The Morgan fingerprint density at radius 3 is 2.75 bits per heavy atom. The molecule has 8 rings (SSSR count). The fourth-order valence-corrected chi connectivity index (χ4v) is 9.74. The van der Waals surface area contributed by atoms with E-state index in [4.69, 9.17) is 18.9 Å². The molecule has 5 unspecified atom stereocenters. The van der Waals surface area contributed by atoms with Gasteiger partial charge in [-0.25, -0.2) is 0 Å². The second-order valence-electron chi connectivity index (χ2n) is 16.4. The first-order chi connectivity index (χ1) is 27.9. The molecule has 304 valence electrons. The van der Waals surface area contributed by atoms with Gasteiger partial charge in [0.05, 0.1) is 44.9 Å². The van der Waals surface area contributed by atoms with Crippen molar-refractivity contribution in [3.63, 3.8) is 0 Å². The number of phenolic OH excluding ortho intramolecular Hbond substituents is 1. The maximum atomic E-state index is 11.4. The van der Waals surface area contributed by atoms with Crippen molar-refractivity contribution >= 4 is 16.6 Å². The number of aliphatic hydroxyl groups is 2. The van der Waals surface area contributed by atoms with Gasteiger partial charge in [0.15, 0.2) is 11.5 Å². The molecule has 4 aliphatic rings. The van der Waals surface area contributed by atoms with E-state index >= 15 is 0 Å². The van der Waals surface area contributed by atoms with Crippen LogP contribution >= 0.6 is 0 Å². The molecule has 0 spiro atoms. The number of aliphatic hydroxyl groups excluding tert-OH is 2. The molecule has 3 aliphatic heterocycles. The van der Waals surface area contributed by atoms with E-state index < -0.39 is 6.10 Å². The molecule has 0 saturated carbocycles. The highest BCUT2D eigenvalue weighted by Gasteiger charge is 2.47. The van der Waals surface area contributed by atoms with Crippen LogP contribution in [0.4, 0.5) is 0 Å². The van der Waals surface area contributed by atoms with Gasteiger partial charge in [0.1, 0.15) is 12.4 Å². The van der Waals surface area contributed by atoms with Gasteiger partial charge < -0.3 is 44.2 Å². The molecule has 4 bridgehead atoms. The van der Waals surface area contributed by atoms with Crippen LogP contribution in [-0.4, -0.2) is 71.9 Å². The van der Waals surface area contributed by atoms with Crippen LogP contribution in [0, 0.1) is 5.92 Å². The zero-order valence-electron chi connectivity index (χ0n) is 33.5. The van der Waals surface area contributed by atoms with Gasteiger partial charge in [-0.15, -0.1) is 0 Å². The van der Waals surface area contributed by atoms with Gasteiger partial charge in [-0.2, -0.15) is 0 Å². The number of unbranched alkanes of at least 4 members (excludes halogenated alkanes) is 2. The van der Waals surface area contributed by atoms with Crippen molar-refractivity contribution in [3.8, 4) is 11.5 Å². The van der Waals surface area contributed by atoms with Crippen molar-refractivity contribution in [2.24, 2.45) is 5.92 Å². The molecular formula is C47H59N3O7. The molecule has 1 aromatic heterocycles. The van der Waals surface area contributed by atoms with Gasteiger partial charge in [-0.1, -0.05) is 62.6 Å². The van der Waals surface area contributed by atoms with Gasteiger partial charge in [0, 0.05) is 47.9 Å². The van der Waals surface area contributed by atoms with Crippen LogP contribution in [0.2, 0.25) is 0 Å². The third-order valence-electron chi connectivity index (χ3n) is 12.8. The Hall–Kier alpha value is -4.16. The molecule has 1 fully saturated rings. The van der Waals surface area contributed by atoms with Crippen LogP contribution in [0.1, 0.15) is 91.7 Å². The van der Waals surface area contributed by atoms with Crippen molar-refractivity contribution < 1.29 is 34.3 Å². The second kappa shape index (κ2) is 17.8. The number of methoxy groups -OCH3 is 1. The number of nitrogens with zero attached hydrogens (tertiary/aromatic N) is 1. The van der Waals surface area contributed by atoms with E-state index in [-0.39, 0.29) is 36.6 Å². The fraction of sp³-hybridized carbons (Fsp3) is 0.489. The quantitative estimate of drug-likeness (QED) is 0.0887. The normalized spacial score (nSPS) is 25.2. The Balaban J connectivity index is 1.28. The van der Waals surface area contributed by atoms with Crippen molar-refractivity contribution in [3.05, 3.63) is 112 Å². The number of rotatable bonds is 9. The summed E-state index contributed by atoms with van der Waals surface area (Å²) in [7, 11) is 1.68. The third kappa shape index (κ3) is 8.26.